The van der Waals surface area contributed by atoms with Crippen LogP contribution < -0.4 is 5.32 Å². The molecule has 2 fully saturated rings. The van der Waals surface area contributed by atoms with Gasteiger partial charge in [0.25, 0.3) is 5.91 Å². The summed E-state index contributed by atoms with van der Waals surface area (Å²) >= 11 is 0. The maximum Gasteiger partial charge on any atom is 0.339 e. The first-order chi connectivity index (χ1) is 12.4. The molecule has 1 aromatic carbocycles. The van der Waals surface area contributed by atoms with Crippen molar-refractivity contribution in [3.63, 3.8) is 0 Å². The first-order valence-electron chi connectivity index (χ1n) is 9.76. The molecule has 1 heterocycles. The molecule has 1 saturated heterocycles. The van der Waals surface area contributed by atoms with Gasteiger partial charge in [0.15, 0.2) is 5.54 Å². The number of benzene rings is 1. The number of likely N-dealkylation sites (N-methyl/N-ethyl adjacent to an activating group) is 1. The van der Waals surface area contributed by atoms with Crippen LogP contribution in [-0.4, -0.2) is 48.6 Å². The highest BCUT2D eigenvalue weighted by atomic mass is 16.5. The van der Waals surface area contributed by atoms with E-state index in [1.807, 2.05) is 19.9 Å². The number of ether oxygens (including phenoxy) is 1. The van der Waals surface area contributed by atoms with E-state index in [4.69, 9.17) is 4.74 Å². The Morgan fingerprint density at radius 1 is 1.15 bits per heavy atom. The number of likely N-dealkylation sites (tertiary alicyclic amines) is 1. The van der Waals surface area contributed by atoms with Gasteiger partial charge in [-0.05, 0) is 57.2 Å². The molecule has 1 aliphatic carbocycles. The van der Waals surface area contributed by atoms with E-state index in [1.54, 1.807) is 6.07 Å². The average Bonchev–Trinajstić information content (AvgIpc) is 3.46. The largest absolute Gasteiger partial charge is 0.465 e. The van der Waals surface area contributed by atoms with Gasteiger partial charge in [0, 0.05) is 12.8 Å². The number of quaternary nitrogens is 1. The summed E-state index contributed by atoms with van der Waals surface area (Å²) in [7, 11) is 1.37. The third kappa shape index (κ3) is 3.02. The number of rotatable bonds is 5. The Morgan fingerprint density at radius 2 is 1.81 bits per heavy atom. The molecular weight excluding hydrogens is 328 g/mol. The predicted octanol–water partition coefficient (Wildman–Crippen LogP) is 3.58. The van der Waals surface area contributed by atoms with Crippen LogP contribution >= 0.6 is 0 Å². The van der Waals surface area contributed by atoms with Gasteiger partial charge in [0.1, 0.15) is 0 Å². The lowest BCUT2D eigenvalue weighted by Gasteiger charge is -2.46. The fraction of sp³-hybridized carbons (Fsp3) is 0.619. The number of piperidine rings is 1. The van der Waals surface area contributed by atoms with Crippen molar-refractivity contribution >= 4 is 17.6 Å². The zero-order chi connectivity index (χ0) is 18.9. The zero-order valence-corrected chi connectivity index (χ0v) is 16.5. The molecular formula is C21H31N2O3+. The molecule has 0 bridgehead atoms. The van der Waals surface area contributed by atoms with Crippen LogP contribution in [-0.2, 0) is 9.53 Å². The van der Waals surface area contributed by atoms with E-state index >= 15 is 0 Å². The highest BCUT2D eigenvalue weighted by Gasteiger charge is 2.65. The van der Waals surface area contributed by atoms with Crippen molar-refractivity contribution in [1.82, 2.24) is 0 Å². The van der Waals surface area contributed by atoms with Crippen molar-refractivity contribution in [1.29, 1.82) is 0 Å². The Bertz CT molecular complexity index is 716. The highest BCUT2D eigenvalue weighted by Crippen LogP contribution is 2.49. The number of nitrogens with one attached hydrogen (secondary N) is 1. The second-order valence-electron chi connectivity index (χ2n) is 7.95. The molecule has 0 spiro atoms. The molecule has 0 aromatic heterocycles. The monoisotopic (exact) mass is 359 g/mol. The predicted molar refractivity (Wildman–Crippen MR) is 102 cm³/mol. The second kappa shape index (κ2) is 7.03. The molecule has 142 valence electrons. The van der Waals surface area contributed by atoms with Crippen LogP contribution in [0.1, 0.15) is 60.5 Å². The molecule has 1 saturated carbocycles. The number of aryl methyl sites for hydroxylation is 2. The van der Waals surface area contributed by atoms with Crippen molar-refractivity contribution in [3.8, 4) is 0 Å². The molecule has 1 N–H and O–H groups in total. The van der Waals surface area contributed by atoms with E-state index in [0.717, 1.165) is 48.1 Å². The Hall–Kier alpha value is -1.88. The minimum Gasteiger partial charge on any atom is -0.465 e. The number of methoxy groups -OCH3 is 1. The lowest BCUT2D eigenvalue weighted by molar-refractivity contribution is -0.955. The summed E-state index contributed by atoms with van der Waals surface area (Å²) < 4.78 is 5.83. The Labute approximate surface area is 156 Å². The van der Waals surface area contributed by atoms with Crippen molar-refractivity contribution in [2.45, 2.75) is 58.4 Å². The number of carbonyl (C=O) groups is 2. The standard InChI is InChI=1S/C21H30N2O3/c1-5-23(11-7-6-8-12-23)21(9-10-21)20(25)22-18-16(3)13-15(2)14-17(18)19(24)26-4/h13-14H,5-12H2,1-4H3/p+1. The van der Waals surface area contributed by atoms with Gasteiger partial charge in [-0.15, -0.1) is 0 Å². The minimum absolute atomic E-state index is 0.0679. The first kappa shape index (κ1) is 18.9. The molecule has 0 unspecified atom stereocenters. The van der Waals surface area contributed by atoms with Gasteiger partial charge in [-0.25, -0.2) is 4.79 Å². The molecule has 1 aliphatic heterocycles. The number of amides is 1. The molecule has 1 aromatic rings. The fourth-order valence-electron chi connectivity index (χ4n) is 4.83. The first-order valence-corrected chi connectivity index (χ1v) is 9.76. The van der Waals surface area contributed by atoms with Crippen molar-refractivity contribution < 1.29 is 18.8 Å². The van der Waals surface area contributed by atoms with Crippen LogP contribution in [0.25, 0.3) is 0 Å². The Kier molecular flexibility index (Phi) is 5.11. The number of anilines is 1. The maximum atomic E-state index is 13.4. The van der Waals surface area contributed by atoms with Gasteiger partial charge in [0.2, 0.25) is 0 Å². The lowest BCUT2D eigenvalue weighted by atomic mass is 9.99. The third-order valence-electron chi connectivity index (χ3n) is 6.46. The summed E-state index contributed by atoms with van der Waals surface area (Å²) in [5.41, 5.74) is 2.60. The minimum atomic E-state index is -0.408. The van der Waals surface area contributed by atoms with Gasteiger partial charge in [-0.3, -0.25) is 4.79 Å². The van der Waals surface area contributed by atoms with Crippen LogP contribution in [0.15, 0.2) is 12.1 Å². The van der Waals surface area contributed by atoms with Crippen LogP contribution in [0.4, 0.5) is 5.69 Å². The number of esters is 1. The van der Waals surface area contributed by atoms with E-state index in [9.17, 15) is 9.59 Å². The number of carbonyl (C=O) groups excluding carboxylic acids is 2. The zero-order valence-electron chi connectivity index (χ0n) is 16.5. The summed E-state index contributed by atoms with van der Waals surface area (Å²) in [6.07, 6.45) is 5.53. The summed E-state index contributed by atoms with van der Waals surface area (Å²) in [6, 6.07) is 3.78. The van der Waals surface area contributed by atoms with Crippen LogP contribution in [0.3, 0.4) is 0 Å². The maximum absolute atomic E-state index is 13.4. The van der Waals surface area contributed by atoms with Crippen LogP contribution in [0.5, 0.6) is 0 Å². The van der Waals surface area contributed by atoms with Gasteiger partial charge < -0.3 is 14.5 Å². The van der Waals surface area contributed by atoms with Gasteiger partial charge in [0.05, 0.1) is 38.0 Å². The topological polar surface area (TPSA) is 55.4 Å². The smallest absolute Gasteiger partial charge is 0.339 e. The van der Waals surface area contributed by atoms with E-state index in [1.165, 1.54) is 26.4 Å². The third-order valence-corrected chi connectivity index (χ3v) is 6.46. The summed E-state index contributed by atoms with van der Waals surface area (Å²) in [6.45, 7) is 9.24. The Balaban J connectivity index is 1.92. The second-order valence-corrected chi connectivity index (χ2v) is 7.95. The number of hydrogen-bond acceptors (Lipinski definition) is 3. The summed E-state index contributed by atoms with van der Waals surface area (Å²) in [4.78, 5) is 25.6. The molecule has 5 nitrogen and oxygen atoms in total. The van der Waals surface area contributed by atoms with E-state index in [0.29, 0.717) is 11.3 Å². The average molecular weight is 359 g/mol. The number of hydrogen-bond donors (Lipinski definition) is 1. The van der Waals surface area contributed by atoms with Crippen molar-refractivity contribution in [2.75, 3.05) is 32.1 Å². The highest BCUT2D eigenvalue weighted by molar-refractivity contribution is 6.05. The summed E-state index contributed by atoms with van der Waals surface area (Å²) in [5, 5.41) is 3.13. The molecule has 5 heteroatoms. The van der Waals surface area contributed by atoms with Crippen LogP contribution in [0.2, 0.25) is 0 Å². The lowest BCUT2D eigenvalue weighted by Crippen LogP contribution is -2.64. The van der Waals surface area contributed by atoms with E-state index < -0.39 is 5.97 Å². The molecule has 26 heavy (non-hydrogen) atoms. The van der Waals surface area contributed by atoms with Crippen molar-refractivity contribution in [2.24, 2.45) is 0 Å². The molecule has 3 rings (SSSR count). The number of nitrogens with zero attached hydrogens (tertiary/aromatic N) is 1. The fourth-order valence-corrected chi connectivity index (χ4v) is 4.83. The van der Waals surface area contributed by atoms with Crippen LogP contribution in [0, 0.1) is 13.8 Å². The van der Waals surface area contributed by atoms with Gasteiger partial charge >= 0.3 is 5.97 Å². The SMILES string of the molecule is CC[N+]1(C2(C(=O)Nc3c(C)cc(C)cc3C(=O)OC)CC2)CCCCC1. The molecule has 0 radical (unpaired) electrons. The quantitative estimate of drug-likeness (QED) is 0.646. The van der Waals surface area contributed by atoms with E-state index in [-0.39, 0.29) is 11.4 Å². The van der Waals surface area contributed by atoms with Gasteiger partial charge in [-0.1, -0.05) is 6.07 Å². The van der Waals surface area contributed by atoms with Gasteiger partial charge in [-0.2, -0.15) is 0 Å². The van der Waals surface area contributed by atoms with Crippen molar-refractivity contribution in [3.05, 3.63) is 28.8 Å². The normalized spacial score (nSPS) is 20.3. The Morgan fingerprint density at radius 3 is 2.35 bits per heavy atom. The van der Waals surface area contributed by atoms with E-state index in [2.05, 4.69) is 12.2 Å². The summed E-state index contributed by atoms with van der Waals surface area (Å²) in [5.74, 6) is -0.340. The molecule has 2 aliphatic rings. The molecule has 0 atom stereocenters. The molecule has 1 amide bonds.